The van der Waals surface area contributed by atoms with E-state index in [-0.39, 0.29) is 0 Å². The second-order valence-electron chi connectivity index (χ2n) is 6.53. The van der Waals surface area contributed by atoms with Crippen molar-refractivity contribution in [3.63, 3.8) is 0 Å². The van der Waals surface area contributed by atoms with Crippen LogP contribution in [0.1, 0.15) is 69.5 Å². The van der Waals surface area contributed by atoms with Gasteiger partial charge in [-0.15, -0.1) is 0 Å². The lowest BCUT2D eigenvalue weighted by molar-refractivity contribution is -0.695. The zero-order valence-corrected chi connectivity index (χ0v) is 14.7. The Morgan fingerprint density at radius 2 is 1.35 bits per heavy atom. The predicted molar refractivity (Wildman–Crippen MR) is 98.5 cm³/mol. The summed E-state index contributed by atoms with van der Waals surface area (Å²) in [4.78, 5) is 0. The van der Waals surface area contributed by atoms with Crippen LogP contribution in [0.15, 0.2) is 54.7 Å². The van der Waals surface area contributed by atoms with Crippen LogP contribution >= 0.6 is 0 Å². The molecule has 0 radical (unpaired) electrons. The van der Waals surface area contributed by atoms with Crippen LogP contribution in [-0.2, 0) is 13.0 Å². The summed E-state index contributed by atoms with van der Waals surface area (Å²) in [6.07, 6.45) is 14.5. The maximum atomic E-state index is 2.40. The molecule has 0 saturated heterocycles. The molecule has 1 heterocycles. The van der Waals surface area contributed by atoms with E-state index in [1.165, 1.54) is 69.0 Å². The molecule has 0 aliphatic carbocycles. The Morgan fingerprint density at radius 1 is 0.696 bits per heavy atom. The van der Waals surface area contributed by atoms with Gasteiger partial charge in [0.25, 0.3) is 0 Å². The average Bonchev–Trinajstić information content (AvgIpc) is 2.59. The number of pyridine rings is 1. The molecule has 1 nitrogen and oxygen atoms in total. The molecule has 2 rings (SSSR count). The number of rotatable bonds is 11. The molecule has 0 amide bonds. The number of hydrogen-bond acceptors (Lipinski definition) is 0. The summed E-state index contributed by atoms with van der Waals surface area (Å²) in [5, 5.41) is 0. The van der Waals surface area contributed by atoms with Crippen molar-refractivity contribution in [3.05, 3.63) is 66.0 Å². The SMILES string of the molecule is CCCCCCCCCCc1cccc[n+]1Cc1ccccc1. The van der Waals surface area contributed by atoms with Crippen molar-refractivity contribution in [2.24, 2.45) is 0 Å². The summed E-state index contributed by atoms with van der Waals surface area (Å²) in [5.41, 5.74) is 2.84. The molecule has 23 heavy (non-hydrogen) atoms. The van der Waals surface area contributed by atoms with Gasteiger partial charge in [-0.1, -0.05) is 88.3 Å². The number of aryl methyl sites for hydroxylation is 1. The molecule has 0 atom stereocenters. The van der Waals surface area contributed by atoms with E-state index in [1.807, 2.05) is 0 Å². The van der Waals surface area contributed by atoms with Gasteiger partial charge in [0.05, 0.1) is 0 Å². The van der Waals surface area contributed by atoms with Crippen molar-refractivity contribution in [1.29, 1.82) is 0 Å². The Morgan fingerprint density at radius 3 is 2.09 bits per heavy atom. The number of nitrogens with zero attached hydrogens (tertiary/aromatic N) is 1. The van der Waals surface area contributed by atoms with Gasteiger partial charge >= 0.3 is 0 Å². The molecule has 0 N–H and O–H groups in total. The van der Waals surface area contributed by atoms with Crippen LogP contribution in [0.3, 0.4) is 0 Å². The summed E-state index contributed by atoms with van der Waals surface area (Å²) in [7, 11) is 0. The van der Waals surface area contributed by atoms with E-state index in [2.05, 4.69) is 66.2 Å². The summed E-state index contributed by atoms with van der Waals surface area (Å²) in [6.45, 7) is 3.26. The largest absolute Gasteiger partial charge is 0.198 e. The third-order valence-electron chi connectivity index (χ3n) is 4.52. The van der Waals surface area contributed by atoms with Crippen LogP contribution in [0.5, 0.6) is 0 Å². The van der Waals surface area contributed by atoms with Crippen molar-refractivity contribution < 1.29 is 4.57 Å². The molecular formula is C22H32N+. The Balaban J connectivity index is 1.73. The van der Waals surface area contributed by atoms with Crippen LogP contribution < -0.4 is 4.57 Å². The zero-order chi connectivity index (χ0) is 16.2. The van der Waals surface area contributed by atoms with Crippen molar-refractivity contribution in [2.45, 2.75) is 71.3 Å². The van der Waals surface area contributed by atoms with Gasteiger partial charge in [0.2, 0.25) is 0 Å². The zero-order valence-electron chi connectivity index (χ0n) is 14.7. The van der Waals surface area contributed by atoms with Crippen LogP contribution in [0.4, 0.5) is 0 Å². The highest BCUT2D eigenvalue weighted by molar-refractivity contribution is 5.13. The third-order valence-corrected chi connectivity index (χ3v) is 4.52. The normalized spacial score (nSPS) is 10.8. The monoisotopic (exact) mass is 310 g/mol. The molecule has 2 aromatic rings. The van der Waals surface area contributed by atoms with Crippen LogP contribution in [0.25, 0.3) is 0 Å². The molecule has 1 heteroatoms. The average molecular weight is 311 g/mol. The smallest absolute Gasteiger partial charge is 0.181 e. The van der Waals surface area contributed by atoms with Gasteiger partial charge in [-0.2, -0.15) is 4.57 Å². The molecule has 124 valence electrons. The highest BCUT2D eigenvalue weighted by atomic mass is 14.9. The Labute approximate surface area is 142 Å². The van der Waals surface area contributed by atoms with Gasteiger partial charge in [0.15, 0.2) is 18.4 Å². The summed E-state index contributed by atoms with van der Waals surface area (Å²) in [6, 6.07) is 17.3. The molecule has 0 aliphatic heterocycles. The van der Waals surface area contributed by atoms with E-state index >= 15 is 0 Å². The fourth-order valence-corrected chi connectivity index (χ4v) is 3.11. The number of benzene rings is 1. The lowest BCUT2D eigenvalue weighted by Gasteiger charge is -2.05. The van der Waals surface area contributed by atoms with Crippen LogP contribution in [-0.4, -0.2) is 0 Å². The minimum Gasteiger partial charge on any atom is -0.198 e. The van der Waals surface area contributed by atoms with E-state index in [1.54, 1.807) is 0 Å². The van der Waals surface area contributed by atoms with Gasteiger partial charge in [-0.3, -0.25) is 0 Å². The van der Waals surface area contributed by atoms with E-state index in [0.29, 0.717) is 0 Å². The number of hydrogen-bond donors (Lipinski definition) is 0. The highest BCUT2D eigenvalue weighted by Gasteiger charge is 2.09. The quantitative estimate of drug-likeness (QED) is 0.370. The van der Waals surface area contributed by atoms with Crippen molar-refractivity contribution in [2.75, 3.05) is 0 Å². The van der Waals surface area contributed by atoms with Crippen molar-refractivity contribution in [1.82, 2.24) is 0 Å². The molecule has 1 aromatic heterocycles. The topological polar surface area (TPSA) is 3.88 Å². The van der Waals surface area contributed by atoms with Crippen LogP contribution in [0, 0.1) is 0 Å². The highest BCUT2D eigenvalue weighted by Crippen LogP contribution is 2.10. The van der Waals surface area contributed by atoms with Gasteiger partial charge in [0.1, 0.15) is 0 Å². The first-order valence-corrected chi connectivity index (χ1v) is 9.41. The first-order valence-electron chi connectivity index (χ1n) is 9.41. The second kappa shape index (κ2) is 11.0. The van der Waals surface area contributed by atoms with E-state index < -0.39 is 0 Å². The maximum Gasteiger partial charge on any atom is 0.181 e. The first-order chi connectivity index (χ1) is 11.4. The summed E-state index contributed by atoms with van der Waals surface area (Å²) in [5.74, 6) is 0. The van der Waals surface area contributed by atoms with Gasteiger partial charge in [-0.05, 0) is 6.42 Å². The standard InChI is InChI=1S/C22H32N/c1-2-3-4-5-6-7-8-12-17-22-18-13-14-19-23(22)20-21-15-10-9-11-16-21/h9-11,13-16,18-19H,2-8,12,17,20H2,1H3/q+1. The van der Waals surface area contributed by atoms with Gasteiger partial charge in [0, 0.05) is 24.1 Å². The van der Waals surface area contributed by atoms with Crippen LogP contribution in [0.2, 0.25) is 0 Å². The minimum absolute atomic E-state index is 0.980. The van der Waals surface area contributed by atoms with Gasteiger partial charge < -0.3 is 0 Å². The molecule has 0 saturated carbocycles. The summed E-state index contributed by atoms with van der Waals surface area (Å²) < 4.78 is 2.40. The molecule has 0 bridgehead atoms. The molecule has 0 fully saturated rings. The Bertz CT molecular complexity index is 533. The van der Waals surface area contributed by atoms with E-state index in [0.717, 1.165) is 6.54 Å². The van der Waals surface area contributed by atoms with Crippen molar-refractivity contribution in [3.8, 4) is 0 Å². The minimum atomic E-state index is 0.980. The maximum absolute atomic E-state index is 2.40. The first kappa shape index (κ1) is 17.7. The Hall–Kier alpha value is -1.63. The Kier molecular flexibility index (Phi) is 8.47. The van der Waals surface area contributed by atoms with E-state index in [4.69, 9.17) is 0 Å². The van der Waals surface area contributed by atoms with Crippen molar-refractivity contribution >= 4 is 0 Å². The summed E-state index contributed by atoms with van der Waals surface area (Å²) >= 11 is 0. The fourth-order valence-electron chi connectivity index (χ4n) is 3.11. The number of aromatic nitrogens is 1. The van der Waals surface area contributed by atoms with E-state index in [9.17, 15) is 0 Å². The van der Waals surface area contributed by atoms with Gasteiger partial charge in [-0.25, -0.2) is 0 Å². The molecule has 0 unspecified atom stereocenters. The second-order valence-corrected chi connectivity index (χ2v) is 6.53. The fraction of sp³-hybridized carbons (Fsp3) is 0.500. The number of unbranched alkanes of at least 4 members (excludes halogenated alkanes) is 7. The molecular weight excluding hydrogens is 278 g/mol. The third kappa shape index (κ3) is 6.99. The predicted octanol–water partition coefficient (Wildman–Crippen LogP) is 5.71. The molecule has 0 spiro atoms. The lowest BCUT2D eigenvalue weighted by Crippen LogP contribution is -2.38. The lowest BCUT2D eigenvalue weighted by atomic mass is 10.1. The molecule has 0 aliphatic rings. The molecule has 1 aromatic carbocycles.